The van der Waals surface area contributed by atoms with Crippen LogP contribution in [0.3, 0.4) is 0 Å². The highest BCUT2D eigenvalue weighted by atomic mass is 32.1. The average molecular weight is 336 g/mol. The van der Waals surface area contributed by atoms with E-state index in [0.717, 1.165) is 10.6 Å². The van der Waals surface area contributed by atoms with Crippen molar-refractivity contribution in [1.29, 1.82) is 0 Å². The molecular formula is C15H16N2O5S. The number of carbonyl (C=O) groups excluding carboxylic acids is 1. The van der Waals surface area contributed by atoms with E-state index in [1.54, 1.807) is 37.6 Å². The summed E-state index contributed by atoms with van der Waals surface area (Å²) < 4.78 is 10.1. The third kappa shape index (κ3) is 4.76. The molecule has 0 aliphatic rings. The van der Waals surface area contributed by atoms with E-state index in [9.17, 15) is 9.59 Å². The first-order chi connectivity index (χ1) is 11.0. The number of hydrogen-bond acceptors (Lipinski definition) is 6. The quantitative estimate of drug-likeness (QED) is 0.805. The van der Waals surface area contributed by atoms with E-state index >= 15 is 0 Å². The second kappa shape index (κ2) is 7.70. The van der Waals surface area contributed by atoms with E-state index in [0.29, 0.717) is 23.7 Å². The molecule has 0 fully saturated rings. The standard InChI is InChI=1S/C15H16N2O5S/c1-9-5-10(22-7-14(18)19)3-4-11(9)17-15(20)12-8-23-13(16-12)6-21-2/h3-5,8H,6-7H2,1-2H3,(H,17,20)(H,18,19). The van der Waals surface area contributed by atoms with Gasteiger partial charge in [0.15, 0.2) is 6.61 Å². The number of hydrogen-bond donors (Lipinski definition) is 2. The third-order valence-corrected chi connectivity index (χ3v) is 3.68. The minimum absolute atomic E-state index is 0.314. The van der Waals surface area contributed by atoms with Crippen molar-refractivity contribution in [2.24, 2.45) is 0 Å². The Morgan fingerprint density at radius 3 is 2.83 bits per heavy atom. The highest BCUT2D eigenvalue weighted by Gasteiger charge is 2.12. The molecule has 0 aliphatic heterocycles. The summed E-state index contributed by atoms with van der Waals surface area (Å²) in [5.41, 5.74) is 1.69. The summed E-state index contributed by atoms with van der Waals surface area (Å²) >= 11 is 1.36. The summed E-state index contributed by atoms with van der Waals surface area (Å²) in [5.74, 6) is -0.930. The summed E-state index contributed by atoms with van der Waals surface area (Å²) in [7, 11) is 1.57. The lowest BCUT2D eigenvalue weighted by atomic mass is 10.2. The molecule has 0 saturated heterocycles. The van der Waals surface area contributed by atoms with Gasteiger partial charge in [0, 0.05) is 18.2 Å². The van der Waals surface area contributed by atoms with Gasteiger partial charge < -0.3 is 19.9 Å². The molecule has 23 heavy (non-hydrogen) atoms. The normalized spacial score (nSPS) is 10.3. The third-order valence-electron chi connectivity index (χ3n) is 2.86. The largest absolute Gasteiger partial charge is 0.482 e. The average Bonchev–Trinajstić information content (AvgIpc) is 2.96. The smallest absolute Gasteiger partial charge is 0.341 e. The predicted molar refractivity (Wildman–Crippen MR) is 85.1 cm³/mol. The van der Waals surface area contributed by atoms with E-state index < -0.39 is 12.6 Å². The van der Waals surface area contributed by atoms with Crippen molar-refractivity contribution in [3.05, 3.63) is 39.8 Å². The van der Waals surface area contributed by atoms with Crippen LogP contribution >= 0.6 is 11.3 Å². The number of thiazole rings is 1. The first-order valence-corrected chi connectivity index (χ1v) is 7.57. The number of rotatable bonds is 7. The van der Waals surface area contributed by atoms with Crippen LogP contribution < -0.4 is 10.1 Å². The Balaban J connectivity index is 2.03. The molecule has 1 aromatic heterocycles. The Labute approximate surface area is 136 Å². The van der Waals surface area contributed by atoms with Crippen molar-refractivity contribution in [2.75, 3.05) is 19.0 Å². The van der Waals surface area contributed by atoms with Gasteiger partial charge >= 0.3 is 5.97 Å². The highest BCUT2D eigenvalue weighted by molar-refractivity contribution is 7.09. The molecule has 0 bridgehead atoms. The Morgan fingerprint density at radius 1 is 1.39 bits per heavy atom. The number of aliphatic carboxylic acids is 1. The lowest BCUT2D eigenvalue weighted by molar-refractivity contribution is -0.139. The predicted octanol–water partition coefficient (Wildman–Crippen LogP) is 2.31. The van der Waals surface area contributed by atoms with Crippen molar-refractivity contribution in [3.63, 3.8) is 0 Å². The van der Waals surface area contributed by atoms with Gasteiger partial charge in [0.1, 0.15) is 16.5 Å². The summed E-state index contributed by atoms with van der Waals surface area (Å²) in [6.07, 6.45) is 0. The fourth-order valence-corrected chi connectivity index (χ4v) is 2.55. The van der Waals surface area contributed by atoms with Crippen LogP contribution in [0.2, 0.25) is 0 Å². The van der Waals surface area contributed by atoms with E-state index in [2.05, 4.69) is 10.3 Å². The maximum atomic E-state index is 12.2. The Hall–Kier alpha value is -2.45. The zero-order valence-corrected chi connectivity index (χ0v) is 13.5. The molecule has 1 amide bonds. The molecule has 2 aromatic rings. The summed E-state index contributed by atoms with van der Waals surface area (Å²) in [4.78, 5) is 26.8. The maximum Gasteiger partial charge on any atom is 0.341 e. The molecule has 1 heterocycles. The Bertz CT molecular complexity index is 714. The number of aromatic nitrogens is 1. The van der Waals surface area contributed by atoms with Gasteiger partial charge in [-0.2, -0.15) is 0 Å². The molecule has 2 rings (SSSR count). The van der Waals surface area contributed by atoms with Crippen molar-refractivity contribution < 1.29 is 24.2 Å². The van der Waals surface area contributed by atoms with Gasteiger partial charge in [-0.15, -0.1) is 11.3 Å². The zero-order chi connectivity index (χ0) is 16.8. The molecule has 0 unspecified atom stereocenters. The summed E-state index contributed by atoms with van der Waals surface area (Å²) in [5, 5.41) is 13.8. The fourth-order valence-electron chi connectivity index (χ4n) is 1.80. The van der Waals surface area contributed by atoms with Crippen LogP contribution in [0.1, 0.15) is 21.1 Å². The SMILES string of the molecule is COCc1nc(C(=O)Nc2ccc(OCC(=O)O)cc2C)cs1. The molecule has 0 aliphatic carbocycles. The number of aryl methyl sites for hydroxylation is 1. The van der Waals surface area contributed by atoms with Crippen molar-refractivity contribution in [1.82, 2.24) is 4.98 Å². The van der Waals surface area contributed by atoms with Gasteiger partial charge in [-0.1, -0.05) is 0 Å². The van der Waals surface area contributed by atoms with Gasteiger partial charge in [0.25, 0.3) is 5.91 Å². The van der Waals surface area contributed by atoms with Gasteiger partial charge in [-0.3, -0.25) is 4.79 Å². The van der Waals surface area contributed by atoms with Crippen LogP contribution in [0.4, 0.5) is 5.69 Å². The summed E-state index contributed by atoms with van der Waals surface area (Å²) in [6, 6.07) is 4.92. The van der Waals surface area contributed by atoms with Crippen LogP contribution in [0.5, 0.6) is 5.75 Å². The van der Waals surface area contributed by atoms with Crippen LogP contribution in [0.15, 0.2) is 23.6 Å². The number of nitrogens with zero attached hydrogens (tertiary/aromatic N) is 1. The van der Waals surface area contributed by atoms with Gasteiger partial charge in [0.05, 0.1) is 6.61 Å². The number of ether oxygens (including phenoxy) is 2. The molecule has 0 spiro atoms. The highest BCUT2D eigenvalue weighted by Crippen LogP contribution is 2.22. The van der Waals surface area contributed by atoms with Crippen LogP contribution in [-0.2, 0) is 16.1 Å². The monoisotopic (exact) mass is 336 g/mol. The van der Waals surface area contributed by atoms with Gasteiger partial charge in [-0.25, -0.2) is 9.78 Å². The molecule has 0 atom stereocenters. The number of anilines is 1. The number of amides is 1. The number of carboxylic acid groups (broad SMARTS) is 1. The first-order valence-electron chi connectivity index (χ1n) is 6.69. The van der Waals surface area contributed by atoms with Gasteiger partial charge in [0.2, 0.25) is 0 Å². The molecule has 122 valence electrons. The van der Waals surface area contributed by atoms with E-state index in [1.807, 2.05) is 0 Å². The number of carbonyl (C=O) groups is 2. The second-order valence-electron chi connectivity index (χ2n) is 4.67. The van der Waals surface area contributed by atoms with Crippen molar-refractivity contribution in [2.45, 2.75) is 13.5 Å². The fraction of sp³-hybridized carbons (Fsp3) is 0.267. The molecule has 0 radical (unpaired) electrons. The lowest BCUT2D eigenvalue weighted by Gasteiger charge is -2.09. The van der Waals surface area contributed by atoms with Crippen LogP contribution in [-0.4, -0.2) is 35.7 Å². The van der Waals surface area contributed by atoms with Crippen molar-refractivity contribution in [3.8, 4) is 5.75 Å². The van der Waals surface area contributed by atoms with Gasteiger partial charge in [-0.05, 0) is 30.7 Å². The minimum Gasteiger partial charge on any atom is -0.482 e. The molecule has 8 heteroatoms. The maximum absolute atomic E-state index is 12.2. The molecular weight excluding hydrogens is 320 g/mol. The lowest BCUT2D eigenvalue weighted by Crippen LogP contribution is -2.14. The minimum atomic E-state index is -1.05. The van der Waals surface area contributed by atoms with Crippen LogP contribution in [0, 0.1) is 6.92 Å². The zero-order valence-electron chi connectivity index (χ0n) is 12.7. The number of nitrogens with one attached hydrogen (secondary N) is 1. The Morgan fingerprint density at radius 2 is 2.17 bits per heavy atom. The van der Waals surface area contributed by atoms with E-state index in [1.165, 1.54) is 11.3 Å². The molecule has 2 N–H and O–H groups in total. The number of benzene rings is 1. The molecule has 1 aromatic carbocycles. The first kappa shape index (κ1) is 16.9. The molecule has 7 nitrogen and oxygen atoms in total. The number of methoxy groups -OCH3 is 1. The van der Waals surface area contributed by atoms with E-state index in [4.69, 9.17) is 14.6 Å². The molecule has 0 saturated carbocycles. The van der Waals surface area contributed by atoms with Crippen molar-refractivity contribution >= 4 is 28.9 Å². The Kier molecular flexibility index (Phi) is 5.67. The second-order valence-corrected chi connectivity index (χ2v) is 5.62. The summed E-state index contributed by atoms with van der Waals surface area (Å²) in [6.45, 7) is 1.75. The van der Waals surface area contributed by atoms with E-state index in [-0.39, 0.29) is 5.91 Å². The topological polar surface area (TPSA) is 97.8 Å². The number of carboxylic acids is 1. The van der Waals surface area contributed by atoms with Crippen LogP contribution in [0.25, 0.3) is 0 Å².